The summed E-state index contributed by atoms with van der Waals surface area (Å²) in [6, 6.07) is 12.0. The number of carbonyl (C=O) groups is 3. The number of amides is 2. The zero-order valence-corrected chi connectivity index (χ0v) is 15.9. The smallest absolute Gasteiger partial charge is 0.342 e. The molecule has 0 aliphatic carbocycles. The minimum Gasteiger partial charge on any atom is -0.496 e. The lowest BCUT2D eigenvalue weighted by atomic mass is 10.1. The van der Waals surface area contributed by atoms with Gasteiger partial charge in [-0.2, -0.15) is 0 Å². The summed E-state index contributed by atoms with van der Waals surface area (Å²) < 4.78 is 21.1. The molecule has 0 radical (unpaired) electrons. The first-order valence-electron chi connectivity index (χ1n) is 8.77. The Morgan fingerprint density at radius 2 is 1.86 bits per heavy atom. The highest BCUT2D eigenvalue weighted by atomic mass is 16.6. The van der Waals surface area contributed by atoms with Gasteiger partial charge < -0.3 is 18.9 Å². The van der Waals surface area contributed by atoms with Gasteiger partial charge in [0.15, 0.2) is 18.1 Å². The van der Waals surface area contributed by atoms with Crippen molar-refractivity contribution in [3.8, 4) is 17.2 Å². The molecule has 3 rings (SSSR count). The van der Waals surface area contributed by atoms with Crippen molar-refractivity contribution in [2.75, 3.05) is 20.3 Å². The number of rotatable bonds is 5. The van der Waals surface area contributed by atoms with Gasteiger partial charge in [0.1, 0.15) is 17.9 Å². The molecule has 0 saturated heterocycles. The van der Waals surface area contributed by atoms with Crippen LogP contribution in [-0.2, 0) is 14.3 Å². The molecular weight excluding hydrogens is 380 g/mol. The molecule has 9 heteroatoms. The number of hydrogen-bond donors (Lipinski definition) is 2. The van der Waals surface area contributed by atoms with Gasteiger partial charge in [0.05, 0.1) is 7.11 Å². The summed E-state index contributed by atoms with van der Waals surface area (Å²) in [5, 5.41) is 0. The van der Waals surface area contributed by atoms with Gasteiger partial charge >= 0.3 is 5.97 Å². The van der Waals surface area contributed by atoms with Crippen molar-refractivity contribution in [2.45, 2.75) is 13.0 Å². The van der Waals surface area contributed by atoms with Crippen LogP contribution >= 0.6 is 0 Å². The quantitative estimate of drug-likeness (QED) is 0.572. The number of fused-ring (bicyclic) bond motifs is 1. The van der Waals surface area contributed by atoms with E-state index in [9.17, 15) is 14.4 Å². The number of benzene rings is 2. The maximum absolute atomic E-state index is 12.2. The summed E-state index contributed by atoms with van der Waals surface area (Å²) in [6.45, 7) is 1.23. The molecule has 1 aliphatic heterocycles. The van der Waals surface area contributed by atoms with E-state index in [1.807, 2.05) is 6.92 Å². The molecule has 1 aliphatic rings. The van der Waals surface area contributed by atoms with Crippen LogP contribution in [0.2, 0.25) is 0 Å². The molecule has 2 aromatic rings. The normalized spacial score (nSPS) is 14.5. The van der Waals surface area contributed by atoms with E-state index in [-0.39, 0.29) is 12.2 Å². The van der Waals surface area contributed by atoms with E-state index >= 15 is 0 Å². The lowest BCUT2D eigenvalue weighted by Crippen LogP contribution is -2.51. The van der Waals surface area contributed by atoms with Crippen LogP contribution in [0.25, 0.3) is 0 Å². The fourth-order valence-electron chi connectivity index (χ4n) is 2.59. The molecule has 2 aromatic carbocycles. The average Bonchev–Trinajstić information content (AvgIpc) is 2.75. The third kappa shape index (κ3) is 4.95. The van der Waals surface area contributed by atoms with E-state index in [0.29, 0.717) is 17.2 Å². The summed E-state index contributed by atoms with van der Waals surface area (Å²) in [6.07, 6.45) is -0.927. The number of hydrogen-bond acceptors (Lipinski definition) is 7. The van der Waals surface area contributed by atoms with Crippen molar-refractivity contribution in [2.24, 2.45) is 0 Å². The Bertz CT molecular complexity index is 929. The Kier molecular flexibility index (Phi) is 6.18. The topological polar surface area (TPSA) is 112 Å². The summed E-state index contributed by atoms with van der Waals surface area (Å²) in [5.74, 6) is -0.711. The Balaban J connectivity index is 1.46. The Hall–Kier alpha value is -3.75. The lowest BCUT2D eigenvalue weighted by molar-refractivity contribution is -0.135. The summed E-state index contributed by atoms with van der Waals surface area (Å²) in [7, 11) is 1.43. The van der Waals surface area contributed by atoms with E-state index in [0.717, 1.165) is 5.56 Å². The summed E-state index contributed by atoms with van der Waals surface area (Å²) in [4.78, 5) is 36.2. The number of methoxy groups -OCH3 is 1. The summed E-state index contributed by atoms with van der Waals surface area (Å²) in [5.41, 5.74) is 5.43. The van der Waals surface area contributed by atoms with Crippen molar-refractivity contribution >= 4 is 17.8 Å². The molecule has 0 unspecified atom stereocenters. The zero-order valence-electron chi connectivity index (χ0n) is 15.9. The molecule has 1 atom stereocenters. The van der Waals surface area contributed by atoms with Crippen LogP contribution in [0, 0.1) is 6.92 Å². The number of carbonyl (C=O) groups excluding carboxylic acids is 3. The van der Waals surface area contributed by atoms with Gasteiger partial charge in [-0.3, -0.25) is 20.4 Å². The lowest BCUT2D eigenvalue weighted by Gasteiger charge is -2.25. The second-order valence-corrected chi connectivity index (χ2v) is 6.18. The molecule has 0 spiro atoms. The Morgan fingerprint density at radius 1 is 1.10 bits per heavy atom. The minimum atomic E-state index is -0.927. The van der Waals surface area contributed by atoms with Crippen molar-refractivity contribution in [3.05, 3.63) is 53.6 Å². The Labute approximate surface area is 166 Å². The van der Waals surface area contributed by atoms with Crippen LogP contribution in [-0.4, -0.2) is 44.2 Å². The van der Waals surface area contributed by atoms with Crippen LogP contribution in [0.4, 0.5) is 0 Å². The standard InChI is InChI=1S/C20H20N2O7/c1-12-7-8-14(26-2)13(9-12)20(25)28-11-18(23)21-22-19(24)17-10-27-15-5-3-4-6-16(15)29-17/h3-9,17H,10-11H2,1-2H3,(H,21,23)(H,22,24)/t17-/m1/s1. The maximum atomic E-state index is 12.2. The van der Waals surface area contributed by atoms with E-state index in [2.05, 4.69) is 10.9 Å². The summed E-state index contributed by atoms with van der Waals surface area (Å²) >= 11 is 0. The number of esters is 1. The highest BCUT2D eigenvalue weighted by Crippen LogP contribution is 2.30. The van der Waals surface area contributed by atoms with Gasteiger partial charge in [0.25, 0.3) is 11.8 Å². The number of para-hydroxylation sites is 2. The van der Waals surface area contributed by atoms with Crippen molar-refractivity contribution in [3.63, 3.8) is 0 Å². The van der Waals surface area contributed by atoms with E-state index in [1.165, 1.54) is 7.11 Å². The van der Waals surface area contributed by atoms with E-state index < -0.39 is 30.5 Å². The van der Waals surface area contributed by atoms with Crippen LogP contribution in [0.15, 0.2) is 42.5 Å². The number of aryl methyl sites for hydroxylation is 1. The van der Waals surface area contributed by atoms with Crippen molar-refractivity contribution in [1.29, 1.82) is 0 Å². The predicted octanol–water partition coefficient (Wildman–Crippen LogP) is 1.15. The molecule has 0 fully saturated rings. The number of ether oxygens (including phenoxy) is 4. The molecule has 152 valence electrons. The molecular formula is C20H20N2O7. The highest BCUT2D eigenvalue weighted by molar-refractivity contribution is 5.94. The van der Waals surface area contributed by atoms with Gasteiger partial charge in [-0.1, -0.05) is 23.8 Å². The monoisotopic (exact) mass is 400 g/mol. The third-order valence-corrected chi connectivity index (χ3v) is 4.04. The van der Waals surface area contributed by atoms with Crippen LogP contribution in [0.3, 0.4) is 0 Å². The van der Waals surface area contributed by atoms with Crippen molar-refractivity contribution in [1.82, 2.24) is 10.9 Å². The SMILES string of the molecule is COc1ccc(C)cc1C(=O)OCC(=O)NNC(=O)[C@H]1COc2ccccc2O1. The van der Waals surface area contributed by atoms with Crippen LogP contribution < -0.4 is 25.1 Å². The third-order valence-electron chi connectivity index (χ3n) is 4.04. The van der Waals surface area contributed by atoms with Gasteiger partial charge in [0, 0.05) is 0 Å². The molecule has 0 saturated carbocycles. The van der Waals surface area contributed by atoms with Gasteiger partial charge in [-0.05, 0) is 31.2 Å². The maximum Gasteiger partial charge on any atom is 0.342 e. The van der Waals surface area contributed by atoms with Crippen LogP contribution in [0.1, 0.15) is 15.9 Å². The number of nitrogens with one attached hydrogen (secondary N) is 2. The first-order chi connectivity index (χ1) is 14.0. The second kappa shape index (κ2) is 8.96. The Morgan fingerprint density at radius 3 is 2.62 bits per heavy atom. The molecule has 9 nitrogen and oxygen atoms in total. The molecule has 2 amide bonds. The first kappa shape index (κ1) is 20.0. The van der Waals surface area contributed by atoms with Gasteiger partial charge in [0.2, 0.25) is 6.10 Å². The molecule has 2 N–H and O–H groups in total. The molecule has 0 bridgehead atoms. The predicted molar refractivity (Wildman–Crippen MR) is 101 cm³/mol. The van der Waals surface area contributed by atoms with Gasteiger partial charge in [-0.25, -0.2) is 4.79 Å². The molecule has 0 aromatic heterocycles. The highest BCUT2D eigenvalue weighted by Gasteiger charge is 2.27. The second-order valence-electron chi connectivity index (χ2n) is 6.18. The average molecular weight is 400 g/mol. The zero-order chi connectivity index (χ0) is 20.8. The van der Waals surface area contributed by atoms with E-state index in [1.54, 1.807) is 42.5 Å². The van der Waals surface area contributed by atoms with Crippen molar-refractivity contribution < 1.29 is 33.3 Å². The minimum absolute atomic E-state index is 0.000849. The van der Waals surface area contributed by atoms with Gasteiger partial charge in [-0.15, -0.1) is 0 Å². The molecule has 1 heterocycles. The fourth-order valence-corrected chi connectivity index (χ4v) is 2.59. The molecule has 29 heavy (non-hydrogen) atoms. The first-order valence-corrected chi connectivity index (χ1v) is 8.77. The number of hydrazine groups is 1. The largest absolute Gasteiger partial charge is 0.496 e. The fraction of sp³-hybridized carbons (Fsp3) is 0.250. The van der Waals surface area contributed by atoms with E-state index in [4.69, 9.17) is 18.9 Å². The van der Waals surface area contributed by atoms with Crippen LogP contribution in [0.5, 0.6) is 17.2 Å².